The summed E-state index contributed by atoms with van der Waals surface area (Å²) in [6.45, 7) is 9.70. The van der Waals surface area contributed by atoms with Crippen LogP contribution in [0.15, 0.2) is 28.7 Å². The Bertz CT molecular complexity index is 720. The zero-order valence-electron chi connectivity index (χ0n) is 15.5. The molecule has 25 heavy (non-hydrogen) atoms. The van der Waals surface area contributed by atoms with Crippen molar-refractivity contribution in [2.75, 3.05) is 20.2 Å². The van der Waals surface area contributed by atoms with Gasteiger partial charge in [0.2, 0.25) is 5.89 Å². The van der Waals surface area contributed by atoms with E-state index < -0.39 is 0 Å². The quantitative estimate of drug-likeness (QED) is 0.655. The van der Waals surface area contributed by atoms with Crippen LogP contribution in [0.2, 0.25) is 0 Å². The molecule has 0 spiro atoms. The SMILES string of the molecule is CNCC(C)(C)OCCC(C)(C)Oc1ccc(-c2n[nH]c(=S)o2)cc1. The number of ether oxygens (including phenoxy) is 2. The zero-order valence-corrected chi connectivity index (χ0v) is 16.3. The fourth-order valence-corrected chi connectivity index (χ4v) is 2.56. The maximum atomic E-state index is 6.10. The van der Waals surface area contributed by atoms with E-state index in [9.17, 15) is 0 Å². The summed E-state index contributed by atoms with van der Waals surface area (Å²) in [6, 6.07) is 7.59. The highest BCUT2D eigenvalue weighted by atomic mass is 32.1. The second-order valence-electron chi connectivity index (χ2n) is 7.19. The summed E-state index contributed by atoms with van der Waals surface area (Å²) in [4.78, 5) is 0.262. The van der Waals surface area contributed by atoms with E-state index in [4.69, 9.17) is 26.1 Å². The highest BCUT2D eigenvalue weighted by molar-refractivity contribution is 7.71. The second-order valence-corrected chi connectivity index (χ2v) is 7.56. The largest absolute Gasteiger partial charge is 0.488 e. The first-order chi connectivity index (χ1) is 11.7. The van der Waals surface area contributed by atoms with Crippen LogP contribution in [0.5, 0.6) is 5.75 Å². The molecule has 1 heterocycles. The number of aromatic nitrogens is 2. The molecule has 0 saturated heterocycles. The molecule has 0 atom stereocenters. The van der Waals surface area contributed by atoms with E-state index >= 15 is 0 Å². The highest BCUT2D eigenvalue weighted by Gasteiger charge is 2.23. The number of likely N-dealkylation sites (N-methyl/N-ethyl adjacent to an activating group) is 1. The molecule has 0 aliphatic carbocycles. The summed E-state index contributed by atoms with van der Waals surface area (Å²) >= 11 is 4.89. The van der Waals surface area contributed by atoms with Crippen molar-refractivity contribution in [3.8, 4) is 17.2 Å². The standard InChI is InChI=1S/C18H27N3O3S/c1-17(2,10-11-22-18(3,4)12-19-5)24-14-8-6-13(7-9-14)15-20-21-16(25)23-15/h6-9,19H,10-12H2,1-5H3,(H,21,25). The minimum absolute atomic E-state index is 0.191. The number of rotatable bonds is 9. The van der Waals surface area contributed by atoms with Crippen molar-refractivity contribution in [3.05, 3.63) is 29.1 Å². The molecule has 0 aliphatic rings. The van der Waals surface area contributed by atoms with Crippen LogP contribution in [0.25, 0.3) is 11.5 Å². The number of benzene rings is 1. The average molecular weight is 365 g/mol. The molecule has 0 amide bonds. The van der Waals surface area contributed by atoms with E-state index in [0.717, 1.165) is 24.3 Å². The Hall–Kier alpha value is -1.70. The van der Waals surface area contributed by atoms with Crippen LogP contribution in [0.3, 0.4) is 0 Å². The van der Waals surface area contributed by atoms with Crippen LogP contribution < -0.4 is 10.1 Å². The van der Waals surface area contributed by atoms with Crippen molar-refractivity contribution in [2.45, 2.75) is 45.3 Å². The van der Waals surface area contributed by atoms with E-state index in [1.807, 2.05) is 31.3 Å². The lowest BCUT2D eigenvalue weighted by molar-refractivity contribution is -0.0383. The number of nitrogens with zero attached hydrogens (tertiary/aromatic N) is 1. The summed E-state index contributed by atoms with van der Waals surface area (Å²) < 4.78 is 17.3. The smallest absolute Gasteiger partial charge is 0.284 e. The minimum atomic E-state index is -0.332. The normalized spacial score (nSPS) is 12.4. The molecule has 0 unspecified atom stereocenters. The third-order valence-electron chi connectivity index (χ3n) is 3.73. The fourth-order valence-electron chi connectivity index (χ4n) is 2.44. The molecule has 6 nitrogen and oxygen atoms in total. The van der Waals surface area contributed by atoms with Gasteiger partial charge in [-0.1, -0.05) is 0 Å². The Morgan fingerprint density at radius 3 is 2.40 bits per heavy atom. The van der Waals surface area contributed by atoms with E-state index in [1.165, 1.54) is 0 Å². The Morgan fingerprint density at radius 2 is 1.84 bits per heavy atom. The second kappa shape index (κ2) is 8.12. The van der Waals surface area contributed by atoms with Crippen LogP contribution >= 0.6 is 12.2 Å². The number of aromatic amines is 1. The first kappa shape index (κ1) is 19.6. The molecule has 2 aromatic rings. The Kier molecular flexibility index (Phi) is 6.37. The lowest BCUT2D eigenvalue weighted by Gasteiger charge is -2.30. The van der Waals surface area contributed by atoms with Gasteiger partial charge in [0.05, 0.1) is 12.2 Å². The van der Waals surface area contributed by atoms with Gasteiger partial charge < -0.3 is 19.2 Å². The highest BCUT2D eigenvalue weighted by Crippen LogP contribution is 2.25. The van der Waals surface area contributed by atoms with E-state index in [2.05, 4.69) is 43.2 Å². The number of nitrogens with one attached hydrogen (secondary N) is 2. The molecule has 0 bridgehead atoms. The summed E-state index contributed by atoms with van der Waals surface area (Å²) in [6.07, 6.45) is 0.788. The molecule has 0 aliphatic heterocycles. The van der Waals surface area contributed by atoms with E-state index in [1.54, 1.807) is 0 Å². The molecular weight excluding hydrogens is 338 g/mol. The van der Waals surface area contributed by atoms with Gasteiger partial charge in [0.25, 0.3) is 4.84 Å². The maximum Gasteiger partial charge on any atom is 0.284 e. The van der Waals surface area contributed by atoms with Crippen LogP contribution in [0, 0.1) is 4.84 Å². The Balaban J connectivity index is 1.90. The molecule has 0 saturated carbocycles. The van der Waals surface area contributed by atoms with E-state index in [-0.39, 0.29) is 16.0 Å². The minimum Gasteiger partial charge on any atom is -0.488 e. The van der Waals surface area contributed by atoms with Crippen molar-refractivity contribution in [1.29, 1.82) is 0 Å². The number of hydrogen-bond donors (Lipinski definition) is 2. The average Bonchev–Trinajstić information content (AvgIpc) is 2.93. The summed E-state index contributed by atoms with van der Waals surface area (Å²) in [5, 5.41) is 9.76. The van der Waals surface area contributed by atoms with Gasteiger partial charge in [-0.05, 0) is 71.2 Å². The first-order valence-corrected chi connectivity index (χ1v) is 8.75. The monoisotopic (exact) mass is 365 g/mol. The van der Waals surface area contributed by atoms with Gasteiger partial charge in [-0.3, -0.25) is 0 Å². The van der Waals surface area contributed by atoms with Gasteiger partial charge in [0.1, 0.15) is 11.4 Å². The van der Waals surface area contributed by atoms with Crippen LogP contribution in [-0.2, 0) is 4.74 Å². The molecule has 0 radical (unpaired) electrons. The Morgan fingerprint density at radius 1 is 1.16 bits per heavy atom. The lowest BCUT2D eigenvalue weighted by Crippen LogP contribution is -2.38. The third-order valence-corrected chi connectivity index (χ3v) is 3.91. The Labute approximate surface area is 153 Å². The van der Waals surface area contributed by atoms with Crippen molar-refractivity contribution in [2.24, 2.45) is 0 Å². The fraction of sp³-hybridized carbons (Fsp3) is 0.556. The maximum absolute atomic E-state index is 6.10. The van der Waals surface area contributed by atoms with Gasteiger partial charge >= 0.3 is 0 Å². The topological polar surface area (TPSA) is 72.3 Å². The van der Waals surface area contributed by atoms with Crippen molar-refractivity contribution >= 4 is 12.2 Å². The predicted molar refractivity (Wildman–Crippen MR) is 100 cm³/mol. The first-order valence-electron chi connectivity index (χ1n) is 8.34. The lowest BCUT2D eigenvalue weighted by atomic mass is 10.0. The molecular formula is C18H27N3O3S. The van der Waals surface area contributed by atoms with Crippen LogP contribution in [0.1, 0.15) is 34.1 Å². The van der Waals surface area contributed by atoms with Gasteiger partial charge in [-0.2, -0.15) is 0 Å². The molecule has 0 fully saturated rings. The molecule has 2 N–H and O–H groups in total. The third kappa shape index (κ3) is 6.26. The number of hydrogen-bond acceptors (Lipinski definition) is 6. The molecule has 2 rings (SSSR count). The molecule has 1 aromatic carbocycles. The summed E-state index contributed by atoms with van der Waals surface area (Å²) in [5.74, 6) is 1.26. The van der Waals surface area contributed by atoms with Gasteiger partial charge in [0, 0.05) is 18.5 Å². The predicted octanol–water partition coefficient (Wildman–Crippen LogP) is 3.96. The van der Waals surface area contributed by atoms with Gasteiger partial charge in [-0.15, -0.1) is 5.10 Å². The summed E-state index contributed by atoms with van der Waals surface area (Å²) in [5.41, 5.74) is 0.319. The zero-order chi connectivity index (χ0) is 18.5. The van der Waals surface area contributed by atoms with Crippen LogP contribution in [0.4, 0.5) is 0 Å². The molecule has 7 heteroatoms. The summed E-state index contributed by atoms with van der Waals surface area (Å²) in [7, 11) is 1.92. The van der Waals surface area contributed by atoms with Crippen LogP contribution in [-0.4, -0.2) is 41.6 Å². The van der Waals surface area contributed by atoms with Gasteiger partial charge in [0.15, 0.2) is 0 Å². The van der Waals surface area contributed by atoms with Crippen molar-refractivity contribution in [3.63, 3.8) is 0 Å². The van der Waals surface area contributed by atoms with E-state index in [0.29, 0.717) is 12.5 Å². The molecule has 138 valence electrons. The number of H-pyrrole nitrogens is 1. The van der Waals surface area contributed by atoms with Gasteiger partial charge in [-0.25, -0.2) is 5.10 Å². The molecule has 1 aromatic heterocycles. The van der Waals surface area contributed by atoms with Crippen molar-refractivity contribution < 1.29 is 13.9 Å². The van der Waals surface area contributed by atoms with Crippen molar-refractivity contribution in [1.82, 2.24) is 15.5 Å².